The first-order valence-corrected chi connectivity index (χ1v) is 8.38. The molecule has 2 heterocycles. The molecule has 1 aromatic carbocycles. The Bertz CT molecular complexity index is 1030. The van der Waals surface area contributed by atoms with Gasteiger partial charge in [-0.25, -0.2) is 14.8 Å². The Balaban J connectivity index is 2.21. The third-order valence-electron chi connectivity index (χ3n) is 3.62. The first-order chi connectivity index (χ1) is 12.6. The smallest absolute Gasteiger partial charge is 0.374 e. The van der Waals surface area contributed by atoms with Gasteiger partial charge in [-0.2, -0.15) is 0 Å². The molecular weight excluding hydrogens is 338 g/mol. The fourth-order valence-corrected chi connectivity index (χ4v) is 2.57. The molecule has 8 heteroatoms. The third kappa shape index (κ3) is 3.30. The highest BCUT2D eigenvalue weighted by atomic mass is 16.5. The number of aromatic amines is 1. The minimum absolute atomic E-state index is 0.163. The maximum absolute atomic E-state index is 12.3. The van der Waals surface area contributed by atoms with Gasteiger partial charge in [0.05, 0.1) is 30.7 Å². The monoisotopic (exact) mass is 357 g/mol. The van der Waals surface area contributed by atoms with Crippen molar-refractivity contribution in [1.82, 2.24) is 15.0 Å². The lowest BCUT2D eigenvalue weighted by atomic mass is 10.1. The van der Waals surface area contributed by atoms with E-state index in [0.717, 1.165) is 0 Å². The second-order valence-electron chi connectivity index (χ2n) is 5.35. The van der Waals surface area contributed by atoms with Crippen LogP contribution in [0.3, 0.4) is 0 Å². The van der Waals surface area contributed by atoms with Crippen LogP contribution in [0.2, 0.25) is 0 Å². The number of aromatic nitrogens is 3. The average molecular weight is 357 g/mol. The van der Waals surface area contributed by atoms with E-state index in [1.54, 1.807) is 25.1 Å². The Morgan fingerprint density at radius 1 is 1.00 bits per heavy atom. The summed E-state index contributed by atoms with van der Waals surface area (Å²) < 4.78 is 16.1. The number of rotatable bonds is 6. The van der Waals surface area contributed by atoms with Crippen molar-refractivity contribution in [3.8, 4) is 11.5 Å². The zero-order valence-electron chi connectivity index (χ0n) is 14.8. The fraction of sp³-hybridized carbons (Fsp3) is 0.333. The van der Waals surface area contributed by atoms with Gasteiger partial charge in [-0.15, -0.1) is 0 Å². The van der Waals surface area contributed by atoms with Crippen LogP contribution >= 0.6 is 0 Å². The molecule has 2 aromatic heterocycles. The van der Waals surface area contributed by atoms with Crippen molar-refractivity contribution in [1.29, 1.82) is 0 Å². The lowest BCUT2D eigenvalue weighted by Crippen LogP contribution is -2.18. The lowest BCUT2D eigenvalue weighted by Gasteiger charge is -2.12. The predicted molar refractivity (Wildman–Crippen MR) is 96.0 cm³/mol. The van der Waals surface area contributed by atoms with Crippen molar-refractivity contribution in [2.24, 2.45) is 0 Å². The molecule has 0 atom stereocenters. The number of H-pyrrole nitrogens is 1. The minimum atomic E-state index is -0.699. The van der Waals surface area contributed by atoms with Gasteiger partial charge in [-0.3, -0.25) is 4.79 Å². The molecule has 136 valence electrons. The van der Waals surface area contributed by atoms with Crippen LogP contribution in [0.4, 0.5) is 0 Å². The molecule has 3 aromatic rings. The van der Waals surface area contributed by atoms with Gasteiger partial charge in [0, 0.05) is 11.5 Å². The maximum atomic E-state index is 12.3. The highest BCUT2D eigenvalue weighted by Gasteiger charge is 2.15. The molecule has 0 saturated heterocycles. The molecule has 26 heavy (non-hydrogen) atoms. The zero-order chi connectivity index (χ0) is 18.7. The van der Waals surface area contributed by atoms with Crippen molar-refractivity contribution >= 4 is 27.9 Å². The summed E-state index contributed by atoms with van der Waals surface area (Å²) in [5.74, 6) is 0.266. The van der Waals surface area contributed by atoms with Gasteiger partial charge in [0.25, 0.3) is 5.56 Å². The molecule has 0 aliphatic rings. The van der Waals surface area contributed by atoms with Crippen molar-refractivity contribution in [3.63, 3.8) is 0 Å². The first kappa shape index (κ1) is 17.7. The number of pyridine rings is 1. The number of carbonyl (C=O) groups is 1. The largest absolute Gasteiger partial charge is 0.490 e. The normalized spacial score (nSPS) is 10.9. The van der Waals surface area contributed by atoms with Crippen LogP contribution in [-0.4, -0.2) is 40.7 Å². The number of ether oxygens (including phenoxy) is 3. The van der Waals surface area contributed by atoms with Crippen LogP contribution in [0.5, 0.6) is 11.5 Å². The van der Waals surface area contributed by atoms with Crippen LogP contribution in [0.1, 0.15) is 31.4 Å². The van der Waals surface area contributed by atoms with E-state index in [4.69, 9.17) is 14.2 Å². The second-order valence-corrected chi connectivity index (χ2v) is 5.35. The van der Waals surface area contributed by atoms with Crippen LogP contribution in [0, 0.1) is 0 Å². The van der Waals surface area contributed by atoms with E-state index in [1.165, 1.54) is 0 Å². The van der Waals surface area contributed by atoms with E-state index in [-0.39, 0.29) is 23.5 Å². The van der Waals surface area contributed by atoms with Crippen molar-refractivity contribution in [2.45, 2.75) is 20.8 Å². The lowest BCUT2D eigenvalue weighted by molar-refractivity contribution is 0.0512. The van der Waals surface area contributed by atoms with Gasteiger partial charge < -0.3 is 19.2 Å². The summed E-state index contributed by atoms with van der Waals surface area (Å²) in [7, 11) is 0. The molecule has 0 bridgehead atoms. The van der Waals surface area contributed by atoms with E-state index in [0.29, 0.717) is 35.6 Å². The number of esters is 1. The molecule has 0 saturated carbocycles. The van der Waals surface area contributed by atoms with E-state index >= 15 is 0 Å². The molecule has 0 fully saturated rings. The minimum Gasteiger partial charge on any atom is -0.490 e. The topological polar surface area (TPSA) is 103 Å². The third-order valence-corrected chi connectivity index (χ3v) is 3.62. The molecule has 8 nitrogen and oxygen atoms in total. The molecule has 0 spiro atoms. The number of carbonyl (C=O) groups excluding carboxylic acids is 1. The van der Waals surface area contributed by atoms with Crippen LogP contribution in [0.15, 0.2) is 23.0 Å². The second kappa shape index (κ2) is 7.38. The maximum Gasteiger partial charge on any atom is 0.374 e. The summed E-state index contributed by atoms with van der Waals surface area (Å²) in [6.07, 6.45) is 0. The van der Waals surface area contributed by atoms with Gasteiger partial charge in [0.2, 0.25) is 5.82 Å². The Morgan fingerprint density at radius 3 is 2.35 bits per heavy atom. The number of nitrogens with one attached hydrogen (secondary N) is 1. The highest BCUT2D eigenvalue weighted by Crippen LogP contribution is 2.32. The Kier molecular flexibility index (Phi) is 5.01. The van der Waals surface area contributed by atoms with Crippen molar-refractivity contribution in [2.75, 3.05) is 19.8 Å². The molecule has 0 aliphatic heterocycles. The van der Waals surface area contributed by atoms with E-state index < -0.39 is 11.5 Å². The molecule has 0 amide bonds. The van der Waals surface area contributed by atoms with E-state index in [2.05, 4.69) is 15.0 Å². The van der Waals surface area contributed by atoms with Gasteiger partial charge in [0.15, 0.2) is 17.1 Å². The Hall–Kier alpha value is -3.16. The number of nitrogens with zero attached hydrogens (tertiary/aromatic N) is 2. The number of fused-ring (bicyclic) bond motifs is 2. The van der Waals surface area contributed by atoms with Crippen molar-refractivity contribution in [3.05, 3.63) is 34.4 Å². The Morgan fingerprint density at radius 2 is 1.69 bits per heavy atom. The summed E-state index contributed by atoms with van der Waals surface area (Å²) in [6, 6.07) is 5.17. The summed E-state index contributed by atoms with van der Waals surface area (Å²) in [6.45, 7) is 6.57. The zero-order valence-corrected chi connectivity index (χ0v) is 14.8. The fourth-order valence-electron chi connectivity index (χ4n) is 2.57. The highest BCUT2D eigenvalue weighted by molar-refractivity contribution is 5.94. The average Bonchev–Trinajstić information content (AvgIpc) is 2.61. The van der Waals surface area contributed by atoms with Crippen LogP contribution < -0.4 is 15.0 Å². The summed E-state index contributed by atoms with van der Waals surface area (Å²) in [5, 5.41) is 0.984. The van der Waals surface area contributed by atoms with Gasteiger partial charge in [0.1, 0.15) is 0 Å². The number of hydrogen-bond donors (Lipinski definition) is 1. The van der Waals surface area contributed by atoms with Gasteiger partial charge in [-0.05, 0) is 32.9 Å². The summed E-state index contributed by atoms with van der Waals surface area (Å²) in [5.41, 5.74) is 0.285. The van der Waals surface area contributed by atoms with Crippen LogP contribution in [-0.2, 0) is 4.74 Å². The summed E-state index contributed by atoms with van der Waals surface area (Å²) >= 11 is 0. The molecule has 1 N–H and O–H groups in total. The Labute approximate surface area is 149 Å². The molecular formula is C18H19N3O5. The molecule has 3 rings (SSSR count). The number of benzene rings is 1. The van der Waals surface area contributed by atoms with E-state index in [9.17, 15) is 9.59 Å². The first-order valence-electron chi connectivity index (χ1n) is 8.38. The molecule has 0 unspecified atom stereocenters. The quantitative estimate of drug-likeness (QED) is 0.534. The number of hydrogen-bond acceptors (Lipinski definition) is 7. The van der Waals surface area contributed by atoms with Gasteiger partial charge in [-0.1, -0.05) is 0 Å². The van der Waals surface area contributed by atoms with Crippen molar-refractivity contribution < 1.29 is 19.0 Å². The van der Waals surface area contributed by atoms with Crippen LogP contribution in [0.25, 0.3) is 21.9 Å². The standard InChI is InChI=1S/C18H19N3O5/c1-4-24-13-8-10-7-11-15(19-12(10)9-14(13)25-5-2)20-16(21-17(11)22)18(23)26-6-3/h7-9H,4-6H2,1-3H3,(H,19,20,21,22). The SMILES string of the molecule is CCOC(=O)c1nc2nc3cc(OCC)c(OCC)cc3cc2c(=O)[nH]1. The van der Waals surface area contributed by atoms with E-state index in [1.807, 2.05) is 13.8 Å². The summed E-state index contributed by atoms with van der Waals surface area (Å²) in [4.78, 5) is 35.1. The predicted octanol–water partition coefficient (Wildman–Crippen LogP) is 2.45. The molecule has 0 radical (unpaired) electrons. The van der Waals surface area contributed by atoms with Gasteiger partial charge >= 0.3 is 5.97 Å². The molecule has 0 aliphatic carbocycles.